The Morgan fingerprint density at radius 3 is 2.17 bits per heavy atom. The second-order valence-electron chi connectivity index (χ2n) is 8.87. The van der Waals surface area contributed by atoms with Crippen molar-refractivity contribution in [3.8, 4) is 0 Å². The van der Waals surface area contributed by atoms with Gasteiger partial charge in [-0.05, 0) is 28.7 Å². The molecular formula is C24H31FN2O2. The van der Waals surface area contributed by atoms with Crippen LogP contribution in [0.25, 0.3) is 0 Å². The highest BCUT2D eigenvalue weighted by atomic mass is 19.1. The summed E-state index contributed by atoms with van der Waals surface area (Å²) >= 11 is 0. The molecule has 0 saturated carbocycles. The number of alkyl halides is 1. The summed E-state index contributed by atoms with van der Waals surface area (Å²) in [5, 5.41) is 6.89. The molecule has 1 N–H and O–H groups in total. The van der Waals surface area contributed by atoms with Gasteiger partial charge in [0.15, 0.2) is 6.61 Å². The number of anilines is 1. The van der Waals surface area contributed by atoms with Crippen molar-refractivity contribution in [1.82, 2.24) is 0 Å². The van der Waals surface area contributed by atoms with Crippen LogP contribution in [0.5, 0.6) is 0 Å². The molecule has 0 aliphatic rings. The lowest BCUT2D eigenvalue weighted by Crippen LogP contribution is -2.29. The van der Waals surface area contributed by atoms with Crippen molar-refractivity contribution in [3.63, 3.8) is 0 Å². The molecule has 0 atom stereocenters. The van der Waals surface area contributed by atoms with Gasteiger partial charge in [0, 0.05) is 17.5 Å². The lowest BCUT2D eigenvalue weighted by atomic mass is 9.85. The molecule has 0 fully saturated rings. The molecule has 0 aromatic heterocycles. The predicted molar refractivity (Wildman–Crippen MR) is 117 cm³/mol. The summed E-state index contributed by atoms with van der Waals surface area (Å²) in [6, 6.07) is 17.4. The molecule has 0 aliphatic heterocycles. The summed E-state index contributed by atoms with van der Waals surface area (Å²) in [4.78, 5) is 17.5. The van der Waals surface area contributed by atoms with Crippen molar-refractivity contribution in [2.45, 2.75) is 46.5 Å². The van der Waals surface area contributed by atoms with Gasteiger partial charge in [-0.3, -0.25) is 9.18 Å². The normalized spacial score (nSPS) is 12.6. The van der Waals surface area contributed by atoms with Crippen molar-refractivity contribution in [3.05, 3.63) is 65.7 Å². The van der Waals surface area contributed by atoms with Gasteiger partial charge >= 0.3 is 0 Å². The number of hydrogen-bond acceptors (Lipinski definition) is 3. The van der Waals surface area contributed by atoms with Crippen LogP contribution in [0.2, 0.25) is 0 Å². The second kappa shape index (κ2) is 9.68. The van der Waals surface area contributed by atoms with Crippen LogP contribution in [0.3, 0.4) is 0 Å². The number of nitrogens with one attached hydrogen (secondary N) is 1. The fourth-order valence-corrected chi connectivity index (χ4v) is 2.68. The molecule has 0 spiro atoms. The number of rotatable bonds is 8. The van der Waals surface area contributed by atoms with Crippen molar-refractivity contribution >= 4 is 17.3 Å². The van der Waals surface area contributed by atoms with E-state index in [0.717, 1.165) is 5.56 Å². The molecule has 0 unspecified atom stereocenters. The predicted octanol–water partition coefficient (Wildman–Crippen LogP) is 5.53. The first-order chi connectivity index (χ1) is 13.6. The molecule has 0 radical (unpaired) electrons. The highest BCUT2D eigenvalue weighted by Crippen LogP contribution is 2.24. The van der Waals surface area contributed by atoms with Crippen molar-refractivity contribution in [2.75, 3.05) is 18.6 Å². The maximum Gasteiger partial charge on any atom is 0.265 e. The molecule has 0 bridgehead atoms. The van der Waals surface area contributed by atoms with E-state index in [2.05, 4.69) is 31.2 Å². The standard InChI is InChI=1S/C24H31FN2O2/c1-23(2,3)19-11-13-20(14-12-19)26-22(28)16-29-27-21(24(4,5)17-25)15-18-9-7-6-8-10-18/h6-14H,15-17H2,1-5H3,(H,26,28)/b27-21+. The maximum atomic E-state index is 13.5. The molecule has 1 amide bonds. The van der Waals surface area contributed by atoms with E-state index >= 15 is 0 Å². The highest BCUT2D eigenvalue weighted by Gasteiger charge is 2.26. The third-order valence-electron chi connectivity index (χ3n) is 4.73. The van der Waals surface area contributed by atoms with Gasteiger partial charge in [0.1, 0.15) is 0 Å². The number of halogens is 1. The van der Waals surface area contributed by atoms with E-state index in [-0.39, 0.29) is 17.9 Å². The smallest absolute Gasteiger partial charge is 0.265 e. The first-order valence-corrected chi connectivity index (χ1v) is 9.81. The lowest BCUT2D eigenvalue weighted by molar-refractivity contribution is -0.120. The Bertz CT molecular complexity index is 822. The number of hydrogen-bond donors (Lipinski definition) is 1. The Hall–Kier alpha value is -2.69. The van der Waals surface area contributed by atoms with Gasteiger partial charge in [-0.2, -0.15) is 0 Å². The molecule has 0 aliphatic carbocycles. The third kappa shape index (κ3) is 7.00. The quantitative estimate of drug-likeness (QED) is 0.469. The van der Waals surface area contributed by atoms with E-state index in [1.165, 1.54) is 5.56 Å². The summed E-state index contributed by atoms with van der Waals surface area (Å²) < 4.78 is 13.5. The van der Waals surface area contributed by atoms with Gasteiger partial charge in [0.05, 0.1) is 12.4 Å². The zero-order valence-electron chi connectivity index (χ0n) is 18.0. The Morgan fingerprint density at radius 2 is 1.62 bits per heavy atom. The van der Waals surface area contributed by atoms with Crippen molar-refractivity contribution < 1.29 is 14.0 Å². The molecular weight excluding hydrogens is 367 g/mol. The average molecular weight is 399 g/mol. The van der Waals surface area contributed by atoms with Crippen LogP contribution in [0.4, 0.5) is 10.1 Å². The summed E-state index contributed by atoms with van der Waals surface area (Å²) in [5.41, 5.74) is 2.75. The van der Waals surface area contributed by atoms with Gasteiger partial charge in [-0.25, -0.2) is 0 Å². The number of benzene rings is 2. The van der Waals surface area contributed by atoms with E-state index in [1.807, 2.05) is 54.6 Å². The molecule has 29 heavy (non-hydrogen) atoms. The number of amides is 1. The molecule has 5 heteroatoms. The molecule has 0 saturated heterocycles. The van der Waals surface area contributed by atoms with Crippen molar-refractivity contribution in [1.29, 1.82) is 0 Å². The second-order valence-corrected chi connectivity index (χ2v) is 8.87. The van der Waals surface area contributed by atoms with E-state index in [0.29, 0.717) is 17.8 Å². The topological polar surface area (TPSA) is 50.7 Å². The number of oxime groups is 1. The van der Waals surface area contributed by atoms with Crippen LogP contribution in [-0.2, 0) is 21.5 Å². The number of carbonyl (C=O) groups is 1. The lowest BCUT2D eigenvalue weighted by Gasteiger charge is -2.22. The van der Waals surface area contributed by atoms with Crippen LogP contribution >= 0.6 is 0 Å². The Labute approximate surface area is 173 Å². The van der Waals surface area contributed by atoms with Gasteiger partial charge in [-0.15, -0.1) is 0 Å². The Kier molecular flexibility index (Phi) is 7.54. The van der Waals surface area contributed by atoms with Crippen molar-refractivity contribution in [2.24, 2.45) is 10.6 Å². The summed E-state index contributed by atoms with van der Waals surface area (Å²) in [7, 11) is 0. The fraction of sp³-hybridized carbons (Fsp3) is 0.417. The van der Waals surface area contributed by atoms with Crippen LogP contribution in [0.1, 0.15) is 45.7 Å². The van der Waals surface area contributed by atoms with Crippen LogP contribution < -0.4 is 5.32 Å². The van der Waals surface area contributed by atoms with Crippen LogP contribution in [0.15, 0.2) is 59.8 Å². The van der Waals surface area contributed by atoms with E-state index in [1.54, 1.807) is 13.8 Å². The van der Waals surface area contributed by atoms with Gasteiger partial charge in [0.2, 0.25) is 0 Å². The Morgan fingerprint density at radius 1 is 1.00 bits per heavy atom. The average Bonchev–Trinajstić information content (AvgIpc) is 2.67. The summed E-state index contributed by atoms with van der Waals surface area (Å²) in [5.74, 6) is -0.311. The van der Waals surface area contributed by atoms with Gasteiger partial charge in [-0.1, -0.05) is 82.2 Å². The van der Waals surface area contributed by atoms with E-state index < -0.39 is 12.1 Å². The highest BCUT2D eigenvalue weighted by molar-refractivity contribution is 5.92. The minimum absolute atomic E-state index is 0.0543. The minimum Gasteiger partial charge on any atom is -0.386 e. The third-order valence-corrected chi connectivity index (χ3v) is 4.73. The summed E-state index contributed by atoms with van der Waals surface area (Å²) in [6.07, 6.45) is 0.466. The SMILES string of the molecule is CC(C)(CF)/C(Cc1ccccc1)=N/OCC(=O)Nc1ccc(C(C)(C)C)cc1. The molecule has 4 nitrogen and oxygen atoms in total. The minimum atomic E-state index is -0.769. The zero-order chi connectivity index (χ0) is 21.5. The zero-order valence-corrected chi connectivity index (χ0v) is 18.0. The largest absolute Gasteiger partial charge is 0.386 e. The molecule has 0 heterocycles. The Balaban J connectivity index is 1.97. The summed E-state index contributed by atoms with van der Waals surface area (Å²) in [6.45, 7) is 9.16. The number of nitrogens with zero attached hydrogens (tertiary/aromatic N) is 1. The van der Waals surface area contributed by atoms with Gasteiger partial charge < -0.3 is 10.2 Å². The fourth-order valence-electron chi connectivity index (χ4n) is 2.68. The van der Waals surface area contributed by atoms with E-state index in [9.17, 15) is 9.18 Å². The van der Waals surface area contributed by atoms with E-state index in [4.69, 9.17) is 4.84 Å². The van der Waals surface area contributed by atoms with Gasteiger partial charge in [0.25, 0.3) is 5.91 Å². The molecule has 2 rings (SSSR count). The van der Waals surface area contributed by atoms with Crippen LogP contribution in [0, 0.1) is 5.41 Å². The monoisotopic (exact) mass is 398 g/mol. The molecule has 156 valence electrons. The molecule has 2 aromatic carbocycles. The first kappa shape index (κ1) is 22.6. The molecule has 2 aromatic rings. The number of carbonyl (C=O) groups excluding carboxylic acids is 1. The van der Waals surface area contributed by atoms with Crippen LogP contribution in [-0.4, -0.2) is 24.9 Å². The first-order valence-electron chi connectivity index (χ1n) is 9.81. The maximum absolute atomic E-state index is 13.5.